The van der Waals surface area contributed by atoms with E-state index in [9.17, 15) is 12.6 Å². The largest absolute Gasteiger partial charge is 0.497 e. The lowest BCUT2D eigenvalue weighted by atomic mass is 10.2. The van der Waals surface area contributed by atoms with E-state index in [1.807, 2.05) is 0 Å². The monoisotopic (exact) mass is 318 g/mol. The van der Waals surface area contributed by atoms with E-state index in [-0.39, 0.29) is 16.6 Å². The SMILES string of the molecule is COc1ccc(S(=O)(=O)NC2CCS(=O)CC2)c(N)c1. The van der Waals surface area contributed by atoms with E-state index in [2.05, 4.69) is 4.72 Å². The molecule has 0 aliphatic carbocycles. The van der Waals surface area contributed by atoms with E-state index >= 15 is 0 Å². The van der Waals surface area contributed by atoms with Crippen molar-refractivity contribution in [3.05, 3.63) is 18.2 Å². The van der Waals surface area contributed by atoms with Gasteiger partial charge in [-0.15, -0.1) is 0 Å². The van der Waals surface area contributed by atoms with E-state index in [4.69, 9.17) is 10.5 Å². The molecule has 20 heavy (non-hydrogen) atoms. The number of nitrogens with one attached hydrogen (secondary N) is 1. The van der Waals surface area contributed by atoms with Gasteiger partial charge in [0.15, 0.2) is 0 Å². The molecule has 1 heterocycles. The highest BCUT2D eigenvalue weighted by Gasteiger charge is 2.25. The van der Waals surface area contributed by atoms with Crippen molar-refractivity contribution in [1.82, 2.24) is 4.72 Å². The molecule has 1 aromatic rings. The van der Waals surface area contributed by atoms with Gasteiger partial charge in [0, 0.05) is 34.4 Å². The van der Waals surface area contributed by atoms with Crippen LogP contribution in [-0.2, 0) is 20.8 Å². The second-order valence-corrected chi connectivity index (χ2v) is 8.03. The van der Waals surface area contributed by atoms with E-state index in [0.29, 0.717) is 30.1 Å². The normalized spacial score (nSPS) is 23.4. The molecule has 6 nitrogen and oxygen atoms in total. The summed E-state index contributed by atoms with van der Waals surface area (Å²) in [5.74, 6) is 1.57. The van der Waals surface area contributed by atoms with Crippen molar-refractivity contribution in [3.63, 3.8) is 0 Å². The van der Waals surface area contributed by atoms with Gasteiger partial charge in [-0.05, 0) is 25.0 Å². The number of hydrogen-bond donors (Lipinski definition) is 2. The van der Waals surface area contributed by atoms with Crippen LogP contribution in [0.5, 0.6) is 5.75 Å². The molecule has 8 heteroatoms. The minimum atomic E-state index is -3.66. The zero-order chi connectivity index (χ0) is 14.8. The Morgan fingerprint density at radius 1 is 1.35 bits per heavy atom. The molecule has 112 valence electrons. The summed E-state index contributed by atoms with van der Waals surface area (Å²) in [5.41, 5.74) is 5.91. The Hall–Kier alpha value is -1.12. The molecule has 1 fully saturated rings. The average Bonchev–Trinajstić information content (AvgIpc) is 2.40. The number of sulfonamides is 1. The van der Waals surface area contributed by atoms with Gasteiger partial charge < -0.3 is 10.5 Å². The van der Waals surface area contributed by atoms with Gasteiger partial charge in [0.2, 0.25) is 10.0 Å². The molecule has 0 spiro atoms. The maximum absolute atomic E-state index is 12.3. The van der Waals surface area contributed by atoms with Crippen LogP contribution in [0.3, 0.4) is 0 Å². The first-order valence-corrected chi connectivity index (χ1v) is 9.20. The summed E-state index contributed by atoms with van der Waals surface area (Å²) in [6.07, 6.45) is 1.17. The van der Waals surface area contributed by atoms with E-state index in [1.165, 1.54) is 19.2 Å². The Morgan fingerprint density at radius 3 is 2.55 bits per heavy atom. The Balaban J connectivity index is 2.16. The zero-order valence-corrected chi connectivity index (χ0v) is 12.8. The minimum Gasteiger partial charge on any atom is -0.497 e. The van der Waals surface area contributed by atoms with Crippen molar-refractivity contribution in [1.29, 1.82) is 0 Å². The zero-order valence-electron chi connectivity index (χ0n) is 11.2. The van der Waals surface area contributed by atoms with Gasteiger partial charge >= 0.3 is 0 Å². The van der Waals surface area contributed by atoms with Crippen molar-refractivity contribution in [2.45, 2.75) is 23.8 Å². The lowest BCUT2D eigenvalue weighted by Gasteiger charge is -2.22. The Kier molecular flexibility index (Phi) is 4.66. The van der Waals surface area contributed by atoms with Crippen molar-refractivity contribution >= 4 is 26.5 Å². The maximum Gasteiger partial charge on any atom is 0.242 e. The fraction of sp³-hybridized carbons (Fsp3) is 0.500. The van der Waals surface area contributed by atoms with Gasteiger partial charge in [-0.25, -0.2) is 13.1 Å². The smallest absolute Gasteiger partial charge is 0.242 e. The van der Waals surface area contributed by atoms with Crippen LogP contribution in [0, 0.1) is 0 Å². The van der Waals surface area contributed by atoms with Gasteiger partial charge in [-0.2, -0.15) is 0 Å². The Bertz CT molecular complexity index is 606. The third-order valence-electron chi connectivity index (χ3n) is 3.22. The quantitative estimate of drug-likeness (QED) is 0.786. The minimum absolute atomic E-state index is 0.0463. The number of ether oxygens (including phenoxy) is 1. The van der Waals surface area contributed by atoms with Crippen molar-refractivity contribution < 1.29 is 17.4 Å². The standard InChI is InChI=1S/C12H18N2O4S2/c1-18-10-2-3-12(11(13)8-10)20(16,17)14-9-4-6-19(15)7-5-9/h2-3,8-9,14H,4-7,13H2,1H3. The molecule has 0 radical (unpaired) electrons. The summed E-state index contributed by atoms with van der Waals surface area (Å²) >= 11 is 0. The molecule has 3 N–H and O–H groups in total. The first kappa shape index (κ1) is 15.3. The predicted molar refractivity (Wildman–Crippen MR) is 78.6 cm³/mol. The molecule has 0 bridgehead atoms. The molecular weight excluding hydrogens is 300 g/mol. The summed E-state index contributed by atoms with van der Waals surface area (Å²) in [5, 5.41) is 0. The van der Waals surface area contributed by atoms with Crippen LogP contribution >= 0.6 is 0 Å². The van der Waals surface area contributed by atoms with E-state index in [1.54, 1.807) is 6.07 Å². The number of methoxy groups -OCH3 is 1. The second kappa shape index (κ2) is 6.11. The van der Waals surface area contributed by atoms with Gasteiger partial charge in [0.25, 0.3) is 0 Å². The predicted octanol–water partition coefficient (Wildman–Crippen LogP) is 0.467. The van der Waals surface area contributed by atoms with Gasteiger partial charge in [-0.1, -0.05) is 0 Å². The third kappa shape index (κ3) is 3.50. The van der Waals surface area contributed by atoms with Crippen LogP contribution in [0.15, 0.2) is 23.1 Å². The highest BCUT2D eigenvalue weighted by molar-refractivity contribution is 7.89. The van der Waals surface area contributed by atoms with Gasteiger partial charge in [0.05, 0.1) is 12.8 Å². The molecule has 1 aliphatic rings. The van der Waals surface area contributed by atoms with Crippen LogP contribution in [0.25, 0.3) is 0 Å². The molecule has 2 rings (SSSR count). The van der Waals surface area contributed by atoms with Gasteiger partial charge in [0.1, 0.15) is 10.6 Å². The molecule has 1 saturated heterocycles. The van der Waals surface area contributed by atoms with Crippen LogP contribution in [-0.4, -0.2) is 37.3 Å². The number of rotatable bonds is 4. The fourth-order valence-corrected chi connectivity index (χ4v) is 4.81. The molecular formula is C12H18N2O4S2. The highest BCUT2D eigenvalue weighted by Crippen LogP contribution is 2.24. The summed E-state index contributed by atoms with van der Waals surface area (Å²) in [4.78, 5) is 0.0463. The van der Waals surface area contributed by atoms with E-state index < -0.39 is 20.8 Å². The summed E-state index contributed by atoms with van der Waals surface area (Å²) in [6.45, 7) is 0. The molecule has 0 aromatic heterocycles. The second-order valence-electron chi connectivity index (χ2n) is 4.65. The van der Waals surface area contributed by atoms with E-state index in [0.717, 1.165) is 0 Å². The number of hydrogen-bond acceptors (Lipinski definition) is 5. The summed E-state index contributed by atoms with van der Waals surface area (Å²) in [6, 6.07) is 4.28. The summed E-state index contributed by atoms with van der Waals surface area (Å²) in [7, 11) is -2.99. The van der Waals surface area contributed by atoms with Gasteiger partial charge in [-0.3, -0.25) is 4.21 Å². The number of nitrogen functional groups attached to an aromatic ring is 1. The van der Waals surface area contributed by atoms with Crippen molar-refractivity contribution in [2.75, 3.05) is 24.3 Å². The topological polar surface area (TPSA) is 98.5 Å². The van der Waals surface area contributed by atoms with Crippen LogP contribution in [0.4, 0.5) is 5.69 Å². The average molecular weight is 318 g/mol. The number of nitrogens with two attached hydrogens (primary N) is 1. The molecule has 1 aromatic carbocycles. The van der Waals surface area contributed by atoms with Crippen LogP contribution in [0.2, 0.25) is 0 Å². The molecule has 0 atom stereocenters. The first-order valence-electron chi connectivity index (χ1n) is 6.23. The molecule has 0 unspecified atom stereocenters. The third-order valence-corrected chi connectivity index (χ3v) is 6.19. The molecule has 0 amide bonds. The first-order chi connectivity index (χ1) is 9.42. The fourth-order valence-electron chi connectivity index (χ4n) is 2.09. The van der Waals surface area contributed by atoms with Crippen LogP contribution in [0.1, 0.15) is 12.8 Å². The maximum atomic E-state index is 12.3. The number of benzene rings is 1. The van der Waals surface area contributed by atoms with Crippen molar-refractivity contribution in [3.8, 4) is 5.75 Å². The molecule has 1 aliphatic heterocycles. The van der Waals surface area contributed by atoms with Crippen LogP contribution < -0.4 is 15.2 Å². The lowest BCUT2D eigenvalue weighted by Crippen LogP contribution is -2.39. The summed E-state index contributed by atoms with van der Waals surface area (Å²) < 4.78 is 43.5. The Morgan fingerprint density at radius 2 is 2.00 bits per heavy atom. The molecule has 0 saturated carbocycles. The Labute approximate surface area is 121 Å². The lowest BCUT2D eigenvalue weighted by molar-refractivity contribution is 0.414. The number of anilines is 1. The van der Waals surface area contributed by atoms with Crippen molar-refractivity contribution in [2.24, 2.45) is 0 Å². The highest BCUT2D eigenvalue weighted by atomic mass is 32.2.